The Hall–Kier alpha value is -1.68. The molecule has 3 nitrogen and oxygen atoms in total. The molecule has 0 aliphatic rings. The summed E-state index contributed by atoms with van der Waals surface area (Å²) in [5.41, 5.74) is 8.89. The second-order valence-electron chi connectivity index (χ2n) is 3.90. The van der Waals surface area contributed by atoms with Crippen molar-refractivity contribution in [2.45, 2.75) is 32.5 Å². The number of hydrogen-bond donors (Lipinski definition) is 0. The molecular formula is C11H12F3N3. The van der Waals surface area contributed by atoms with E-state index < -0.39 is 11.7 Å². The van der Waals surface area contributed by atoms with E-state index in [0.717, 1.165) is 17.7 Å². The van der Waals surface area contributed by atoms with Crippen LogP contribution in [-0.4, -0.2) is 6.04 Å². The lowest BCUT2D eigenvalue weighted by molar-refractivity contribution is -0.137. The highest BCUT2D eigenvalue weighted by Gasteiger charge is 2.30. The van der Waals surface area contributed by atoms with E-state index in [1.54, 1.807) is 13.8 Å². The molecule has 0 aromatic heterocycles. The van der Waals surface area contributed by atoms with Crippen LogP contribution in [0.3, 0.4) is 0 Å². The normalized spacial score (nSPS) is 13.0. The molecule has 0 amide bonds. The molecule has 17 heavy (non-hydrogen) atoms. The zero-order valence-corrected chi connectivity index (χ0v) is 9.49. The summed E-state index contributed by atoms with van der Waals surface area (Å²) in [6, 6.07) is 3.23. The highest BCUT2D eigenvalue weighted by Crippen LogP contribution is 2.30. The van der Waals surface area contributed by atoms with Crippen molar-refractivity contribution in [1.29, 1.82) is 0 Å². The van der Waals surface area contributed by atoms with Crippen molar-refractivity contribution in [1.82, 2.24) is 0 Å². The Balaban J connectivity index is 3.03. The number of aryl methyl sites for hydroxylation is 1. The molecule has 0 saturated carbocycles. The SMILES string of the molecule is Cc1ccc(C(F)(F)F)cc1CC(C)N=[N+]=[N-]. The van der Waals surface area contributed by atoms with Crippen molar-refractivity contribution < 1.29 is 13.2 Å². The van der Waals surface area contributed by atoms with Gasteiger partial charge in [-0.1, -0.05) is 18.1 Å². The van der Waals surface area contributed by atoms with Gasteiger partial charge in [-0.25, -0.2) is 0 Å². The first-order valence-electron chi connectivity index (χ1n) is 5.05. The predicted octanol–water partition coefficient (Wildman–Crippen LogP) is 4.26. The predicted molar refractivity (Wildman–Crippen MR) is 58.5 cm³/mol. The Morgan fingerprint density at radius 2 is 2.06 bits per heavy atom. The van der Waals surface area contributed by atoms with E-state index in [-0.39, 0.29) is 6.04 Å². The van der Waals surface area contributed by atoms with Crippen LogP contribution in [0.15, 0.2) is 23.3 Å². The molecule has 92 valence electrons. The van der Waals surface area contributed by atoms with Crippen molar-refractivity contribution in [3.8, 4) is 0 Å². The van der Waals surface area contributed by atoms with Gasteiger partial charge in [0.1, 0.15) is 0 Å². The molecule has 0 fully saturated rings. The fourth-order valence-electron chi connectivity index (χ4n) is 1.51. The van der Waals surface area contributed by atoms with Gasteiger partial charge in [0.05, 0.1) is 5.56 Å². The van der Waals surface area contributed by atoms with E-state index in [0.29, 0.717) is 12.0 Å². The lowest BCUT2D eigenvalue weighted by Crippen LogP contribution is -2.09. The number of rotatable bonds is 3. The molecule has 0 aliphatic carbocycles. The zero-order valence-electron chi connectivity index (χ0n) is 9.49. The van der Waals surface area contributed by atoms with E-state index in [1.807, 2.05) is 0 Å². The standard InChI is InChI=1S/C11H12F3N3/c1-7-3-4-10(11(12,13)14)6-9(7)5-8(2)16-17-15/h3-4,6,8H,5H2,1-2H3. The Morgan fingerprint density at radius 1 is 1.41 bits per heavy atom. The van der Waals surface area contributed by atoms with Crippen LogP contribution in [-0.2, 0) is 12.6 Å². The maximum atomic E-state index is 12.5. The summed E-state index contributed by atoms with van der Waals surface area (Å²) in [7, 11) is 0. The lowest BCUT2D eigenvalue weighted by atomic mass is 9.99. The summed E-state index contributed by atoms with van der Waals surface area (Å²) >= 11 is 0. The molecule has 1 unspecified atom stereocenters. The van der Waals surface area contributed by atoms with Crippen LogP contribution < -0.4 is 0 Å². The second-order valence-corrected chi connectivity index (χ2v) is 3.90. The van der Waals surface area contributed by atoms with Gasteiger partial charge in [0.2, 0.25) is 0 Å². The third kappa shape index (κ3) is 3.67. The molecule has 1 rings (SSSR count). The molecular weight excluding hydrogens is 231 g/mol. The number of alkyl halides is 3. The summed E-state index contributed by atoms with van der Waals surface area (Å²) in [6.45, 7) is 3.40. The van der Waals surface area contributed by atoms with Crippen molar-refractivity contribution in [3.05, 3.63) is 45.3 Å². The van der Waals surface area contributed by atoms with Gasteiger partial charge in [-0.15, -0.1) is 0 Å². The van der Waals surface area contributed by atoms with E-state index in [2.05, 4.69) is 10.0 Å². The molecule has 0 spiro atoms. The average molecular weight is 243 g/mol. The Kier molecular flexibility index (Phi) is 4.02. The number of azide groups is 1. The number of halogens is 3. The van der Waals surface area contributed by atoms with Crippen LogP contribution >= 0.6 is 0 Å². The van der Waals surface area contributed by atoms with Gasteiger partial charge in [-0.3, -0.25) is 0 Å². The Bertz CT molecular complexity index is 448. The van der Waals surface area contributed by atoms with Crippen LogP contribution in [0.1, 0.15) is 23.6 Å². The van der Waals surface area contributed by atoms with Crippen molar-refractivity contribution in [3.63, 3.8) is 0 Å². The van der Waals surface area contributed by atoms with E-state index in [9.17, 15) is 13.2 Å². The smallest absolute Gasteiger partial charge is 0.166 e. The van der Waals surface area contributed by atoms with Gasteiger partial charge >= 0.3 is 6.18 Å². The first-order chi connectivity index (χ1) is 7.84. The molecule has 1 aromatic carbocycles. The molecule has 6 heteroatoms. The summed E-state index contributed by atoms with van der Waals surface area (Å²) in [5.74, 6) is 0. The summed E-state index contributed by atoms with van der Waals surface area (Å²) in [4.78, 5) is 2.64. The minimum Gasteiger partial charge on any atom is -0.166 e. The minimum absolute atomic E-state index is 0.305. The Labute approximate surface area is 96.9 Å². The van der Waals surface area contributed by atoms with E-state index in [4.69, 9.17) is 5.53 Å². The van der Waals surface area contributed by atoms with E-state index in [1.165, 1.54) is 6.07 Å². The van der Waals surface area contributed by atoms with Gasteiger partial charge in [0, 0.05) is 11.0 Å². The summed E-state index contributed by atoms with van der Waals surface area (Å²) in [5, 5.41) is 3.45. The summed E-state index contributed by atoms with van der Waals surface area (Å²) < 4.78 is 37.5. The van der Waals surface area contributed by atoms with Crippen LogP contribution in [0, 0.1) is 6.92 Å². The average Bonchev–Trinajstić information content (AvgIpc) is 2.20. The van der Waals surface area contributed by atoms with Crippen LogP contribution in [0.4, 0.5) is 13.2 Å². The van der Waals surface area contributed by atoms with Crippen LogP contribution in [0.2, 0.25) is 0 Å². The van der Waals surface area contributed by atoms with Gasteiger partial charge < -0.3 is 0 Å². The molecule has 0 N–H and O–H groups in total. The number of hydrogen-bond acceptors (Lipinski definition) is 1. The van der Waals surface area contributed by atoms with E-state index >= 15 is 0 Å². The first kappa shape index (κ1) is 13.4. The molecule has 0 heterocycles. The third-order valence-corrected chi connectivity index (χ3v) is 2.44. The molecule has 1 aromatic rings. The topological polar surface area (TPSA) is 48.8 Å². The van der Waals surface area contributed by atoms with Gasteiger partial charge in [0.25, 0.3) is 0 Å². The molecule has 1 atom stereocenters. The fraction of sp³-hybridized carbons (Fsp3) is 0.455. The molecule has 0 radical (unpaired) electrons. The van der Waals surface area contributed by atoms with Crippen LogP contribution in [0.5, 0.6) is 0 Å². The minimum atomic E-state index is -4.34. The number of nitrogens with zero attached hydrogens (tertiary/aromatic N) is 3. The maximum absolute atomic E-state index is 12.5. The zero-order chi connectivity index (χ0) is 13.1. The van der Waals surface area contributed by atoms with Crippen molar-refractivity contribution >= 4 is 0 Å². The fourth-order valence-corrected chi connectivity index (χ4v) is 1.51. The highest BCUT2D eigenvalue weighted by molar-refractivity contribution is 5.33. The maximum Gasteiger partial charge on any atom is 0.416 e. The molecule has 0 aliphatic heterocycles. The highest BCUT2D eigenvalue weighted by atomic mass is 19.4. The third-order valence-electron chi connectivity index (χ3n) is 2.44. The number of benzene rings is 1. The van der Waals surface area contributed by atoms with Gasteiger partial charge in [-0.2, -0.15) is 13.2 Å². The van der Waals surface area contributed by atoms with Gasteiger partial charge in [0.15, 0.2) is 0 Å². The quantitative estimate of drug-likeness (QED) is 0.433. The monoisotopic (exact) mass is 243 g/mol. The molecule has 0 bridgehead atoms. The second kappa shape index (κ2) is 5.10. The van der Waals surface area contributed by atoms with Gasteiger partial charge in [-0.05, 0) is 42.1 Å². The Morgan fingerprint density at radius 3 is 2.59 bits per heavy atom. The van der Waals surface area contributed by atoms with Crippen molar-refractivity contribution in [2.75, 3.05) is 0 Å². The molecule has 0 saturated heterocycles. The largest absolute Gasteiger partial charge is 0.416 e. The first-order valence-corrected chi connectivity index (χ1v) is 5.05. The van der Waals surface area contributed by atoms with Crippen molar-refractivity contribution in [2.24, 2.45) is 5.11 Å². The van der Waals surface area contributed by atoms with Crippen LogP contribution in [0.25, 0.3) is 10.4 Å². The lowest BCUT2D eigenvalue weighted by Gasteiger charge is -2.12. The summed E-state index contributed by atoms with van der Waals surface area (Å²) in [6.07, 6.45) is -4.04.